The standard InChI is InChI=1S/C11H19N3O2S/c1-2-12-11-14-13-10(17-11)8-15-7-9-5-3-4-6-16-9/h9H,2-8H2,1H3,(H,12,14). The normalized spacial score (nSPS) is 20.4. The Kier molecular flexibility index (Phi) is 5.15. The molecule has 1 aliphatic heterocycles. The van der Waals surface area contributed by atoms with Gasteiger partial charge in [0.25, 0.3) is 0 Å². The molecule has 1 N–H and O–H groups in total. The summed E-state index contributed by atoms with van der Waals surface area (Å²) in [5.41, 5.74) is 0. The lowest BCUT2D eigenvalue weighted by atomic mass is 10.1. The molecule has 96 valence electrons. The fourth-order valence-electron chi connectivity index (χ4n) is 1.75. The van der Waals surface area contributed by atoms with E-state index in [4.69, 9.17) is 9.47 Å². The van der Waals surface area contributed by atoms with Gasteiger partial charge >= 0.3 is 0 Å². The Morgan fingerprint density at radius 1 is 1.47 bits per heavy atom. The van der Waals surface area contributed by atoms with Crippen molar-refractivity contribution in [3.63, 3.8) is 0 Å². The van der Waals surface area contributed by atoms with Crippen molar-refractivity contribution in [2.45, 2.75) is 38.9 Å². The van der Waals surface area contributed by atoms with Gasteiger partial charge in [-0.2, -0.15) is 0 Å². The van der Waals surface area contributed by atoms with Crippen molar-refractivity contribution in [3.05, 3.63) is 5.01 Å². The summed E-state index contributed by atoms with van der Waals surface area (Å²) in [4.78, 5) is 0. The summed E-state index contributed by atoms with van der Waals surface area (Å²) in [5, 5.41) is 13.0. The Morgan fingerprint density at radius 3 is 3.18 bits per heavy atom. The van der Waals surface area contributed by atoms with Gasteiger partial charge in [0.1, 0.15) is 11.6 Å². The van der Waals surface area contributed by atoms with E-state index < -0.39 is 0 Å². The minimum atomic E-state index is 0.268. The van der Waals surface area contributed by atoms with Crippen LogP contribution in [0.3, 0.4) is 0 Å². The molecule has 6 heteroatoms. The number of hydrogen-bond donors (Lipinski definition) is 1. The number of ether oxygens (including phenoxy) is 2. The van der Waals surface area contributed by atoms with Crippen molar-refractivity contribution < 1.29 is 9.47 Å². The van der Waals surface area contributed by atoms with Crippen LogP contribution in [0.15, 0.2) is 0 Å². The molecule has 2 rings (SSSR count). The van der Waals surface area contributed by atoms with E-state index in [-0.39, 0.29) is 6.10 Å². The van der Waals surface area contributed by atoms with Gasteiger partial charge in [-0.3, -0.25) is 0 Å². The molecule has 1 aromatic heterocycles. The Hall–Kier alpha value is -0.720. The average molecular weight is 257 g/mol. The lowest BCUT2D eigenvalue weighted by Crippen LogP contribution is -2.24. The minimum absolute atomic E-state index is 0.268. The van der Waals surface area contributed by atoms with Crippen LogP contribution in [-0.4, -0.2) is 36.1 Å². The van der Waals surface area contributed by atoms with E-state index in [1.165, 1.54) is 12.8 Å². The number of anilines is 1. The van der Waals surface area contributed by atoms with Crippen LogP contribution in [0.4, 0.5) is 5.13 Å². The third-order valence-electron chi connectivity index (χ3n) is 2.60. The summed E-state index contributed by atoms with van der Waals surface area (Å²) in [6.07, 6.45) is 3.81. The third-order valence-corrected chi connectivity index (χ3v) is 3.45. The molecule has 2 heterocycles. The molecule has 1 unspecified atom stereocenters. The fraction of sp³-hybridized carbons (Fsp3) is 0.818. The van der Waals surface area contributed by atoms with Crippen LogP contribution in [0.2, 0.25) is 0 Å². The van der Waals surface area contributed by atoms with E-state index in [1.54, 1.807) is 11.3 Å². The van der Waals surface area contributed by atoms with Gasteiger partial charge in [0, 0.05) is 13.2 Å². The zero-order valence-corrected chi connectivity index (χ0v) is 11.0. The van der Waals surface area contributed by atoms with Gasteiger partial charge in [-0.05, 0) is 26.2 Å². The third kappa shape index (κ3) is 4.22. The second-order valence-electron chi connectivity index (χ2n) is 4.03. The maximum atomic E-state index is 5.61. The van der Waals surface area contributed by atoms with E-state index in [9.17, 15) is 0 Å². The molecule has 0 spiro atoms. The SMILES string of the molecule is CCNc1nnc(COCC2CCCCO2)s1. The zero-order valence-electron chi connectivity index (χ0n) is 10.1. The van der Waals surface area contributed by atoms with E-state index in [2.05, 4.69) is 15.5 Å². The van der Waals surface area contributed by atoms with Gasteiger partial charge in [-0.25, -0.2) is 0 Å². The summed E-state index contributed by atoms with van der Waals surface area (Å²) in [6.45, 7) is 4.97. The highest BCUT2D eigenvalue weighted by Gasteiger charge is 2.14. The molecule has 1 aliphatic rings. The highest BCUT2D eigenvalue weighted by molar-refractivity contribution is 7.15. The molecule has 1 atom stereocenters. The van der Waals surface area contributed by atoms with Crippen molar-refractivity contribution in [1.82, 2.24) is 10.2 Å². The van der Waals surface area contributed by atoms with Crippen molar-refractivity contribution in [2.24, 2.45) is 0 Å². The van der Waals surface area contributed by atoms with Crippen LogP contribution >= 0.6 is 11.3 Å². The van der Waals surface area contributed by atoms with Gasteiger partial charge in [0.2, 0.25) is 5.13 Å². The van der Waals surface area contributed by atoms with E-state index in [1.807, 2.05) is 6.92 Å². The first-order valence-corrected chi connectivity index (χ1v) is 6.95. The van der Waals surface area contributed by atoms with E-state index in [0.717, 1.165) is 29.7 Å². The van der Waals surface area contributed by atoms with Crippen LogP contribution < -0.4 is 5.32 Å². The van der Waals surface area contributed by atoms with Gasteiger partial charge < -0.3 is 14.8 Å². The van der Waals surface area contributed by atoms with Crippen LogP contribution in [0.25, 0.3) is 0 Å². The molecular weight excluding hydrogens is 238 g/mol. The topological polar surface area (TPSA) is 56.3 Å². The summed E-state index contributed by atoms with van der Waals surface area (Å²) < 4.78 is 11.2. The maximum Gasteiger partial charge on any atom is 0.205 e. The Balaban J connectivity index is 1.66. The maximum absolute atomic E-state index is 5.61. The molecule has 5 nitrogen and oxygen atoms in total. The Bertz CT molecular complexity index is 326. The number of nitrogens with one attached hydrogen (secondary N) is 1. The molecule has 0 bridgehead atoms. The molecule has 1 aromatic rings. The summed E-state index contributed by atoms with van der Waals surface area (Å²) in [5.74, 6) is 0. The van der Waals surface area contributed by atoms with Gasteiger partial charge in [-0.15, -0.1) is 10.2 Å². The van der Waals surface area contributed by atoms with Crippen LogP contribution in [0.1, 0.15) is 31.2 Å². The minimum Gasteiger partial charge on any atom is -0.376 e. The molecule has 1 saturated heterocycles. The first-order valence-electron chi connectivity index (χ1n) is 6.14. The number of nitrogens with zero attached hydrogens (tertiary/aromatic N) is 2. The highest BCUT2D eigenvalue weighted by atomic mass is 32.1. The van der Waals surface area contributed by atoms with Crippen molar-refractivity contribution in [3.8, 4) is 0 Å². The fourth-order valence-corrected chi connectivity index (χ4v) is 2.50. The zero-order chi connectivity index (χ0) is 11.9. The van der Waals surface area contributed by atoms with Crippen molar-refractivity contribution >= 4 is 16.5 Å². The first-order chi connectivity index (χ1) is 8.38. The van der Waals surface area contributed by atoms with Crippen LogP contribution in [-0.2, 0) is 16.1 Å². The van der Waals surface area contributed by atoms with Gasteiger partial charge in [-0.1, -0.05) is 11.3 Å². The smallest absolute Gasteiger partial charge is 0.205 e. The molecule has 1 fully saturated rings. The van der Waals surface area contributed by atoms with E-state index >= 15 is 0 Å². The van der Waals surface area contributed by atoms with Crippen LogP contribution in [0.5, 0.6) is 0 Å². The highest BCUT2D eigenvalue weighted by Crippen LogP contribution is 2.17. The number of hydrogen-bond acceptors (Lipinski definition) is 6. The summed E-state index contributed by atoms with van der Waals surface area (Å²) >= 11 is 1.54. The Morgan fingerprint density at radius 2 is 2.41 bits per heavy atom. The summed E-state index contributed by atoms with van der Waals surface area (Å²) in [7, 11) is 0. The molecule has 0 radical (unpaired) electrons. The molecule has 0 amide bonds. The quantitative estimate of drug-likeness (QED) is 0.845. The lowest BCUT2D eigenvalue weighted by molar-refractivity contribution is -0.0448. The monoisotopic (exact) mass is 257 g/mol. The van der Waals surface area contributed by atoms with Crippen LogP contribution in [0, 0.1) is 0 Å². The molecule has 0 saturated carbocycles. The predicted molar refractivity (Wildman–Crippen MR) is 67.3 cm³/mol. The molecule has 0 aromatic carbocycles. The first kappa shape index (κ1) is 12.7. The predicted octanol–water partition coefficient (Wildman–Crippen LogP) is 2.06. The number of rotatable bonds is 6. The Labute approximate surface area is 106 Å². The summed E-state index contributed by atoms with van der Waals surface area (Å²) in [6, 6.07) is 0. The lowest BCUT2D eigenvalue weighted by Gasteiger charge is -2.21. The molecule has 0 aliphatic carbocycles. The average Bonchev–Trinajstić information content (AvgIpc) is 2.79. The van der Waals surface area contributed by atoms with E-state index in [0.29, 0.717) is 13.2 Å². The second kappa shape index (κ2) is 6.88. The second-order valence-corrected chi connectivity index (χ2v) is 5.10. The van der Waals surface area contributed by atoms with Gasteiger partial charge in [0.15, 0.2) is 0 Å². The van der Waals surface area contributed by atoms with Gasteiger partial charge in [0.05, 0.1) is 12.7 Å². The number of aromatic nitrogens is 2. The van der Waals surface area contributed by atoms with Crippen molar-refractivity contribution in [2.75, 3.05) is 25.1 Å². The largest absolute Gasteiger partial charge is 0.376 e. The molecular formula is C11H19N3O2S. The molecule has 17 heavy (non-hydrogen) atoms. The van der Waals surface area contributed by atoms with Crippen molar-refractivity contribution in [1.29, 1.82) is 0 Å².